The molecule has 5 nitrogen and oxygen atoms in total. The van der Waals surface area contributed by atoms with Crippen LogP contribution in [0, 0.1) is 0 Å². The summed E-state index contributed by atoms with van der Waals surface area (Å²) in [4.78, 5) is 15.0. The lowest BCUT2D eigenvalue weighted by Crippen LogP contribution is -2.56. The maximum atomic E-state index is 12.7. The van der Waals surface area contributed by atoms with E-state index in [1.807, 2.05) is 0 Å². The van der Waals surface area contributed by atoms with E-state index in [-0.39, 0.29) is 17.1 Å². The average Bonchev–Trinajstić information content (AvgIpc) is 2.89. The summed E-state index contributed by atoms with van der Waals surface area (Å²) >= 11 is 0. The first kappa shape index (κ1) is 15.9. The van der Waals surface area contributed by atoms with Crippen LogP contribution in [-0.2, 0) is 19.4 Å². The van der Waals surface area contributed by atoms with Gasteiger partial charge in [0.15, 0.2) is 5.78 Å². The number of morpholine rings is 1. The standard InChI is InChI=1S/C14H25NO4S/c1-20(17,18)12-4-5-13(16)14(6-2-3-7-14)15-8-10-19-11-9-15/h2-12H2,1H3. The van der Waals surface area contributed by atoms with Crippen molar-refractivity contribution in [3.63, 3.8) is 0 Å². The Morgan fingerprint density at radius 3 is 2.35 bits per heavy atom. The number of rotatable bonds is 6. The molecule has 0 spiro atoms. The molecule has 2 aliphatic rings. The van der Waals surface area contributed by atoms with Gasteiger partial charge in [0, 0.05) is 25.8 Å². The predicted molar refractivity (Wildman–Crippen MR) is 77.5 cm³/mol. The van der Waals surface area contributed by atoms with Crippen molar-refractivity contribution in [1.82, 2.24) is 4.90 Å². The van der Waals surface area contributed by atoms with Crippen LogP contribution in [0.5, 0.6) is 0 Å². The molecule has 2 rings (SSSR count). The van der Waals surface area contributed by atoms with Crippen LogP contribution in [0.3, 0.4) is 0 Å². The molecule has 1 aliphatic heterocycles. The normalized spacial score (nSPS) is 23.9. The summed E-state index contributed by atoms with van der Waals surface area (Å²) in [6.07, 6.45) is 6.08. The van der Waals surface area contributed by atoms with Crippen molar-refractivity contribution in [2.75, 3.05) is 38.3 Å². The maximum Gasteiger partial charge on any atom is 0.153 e. The highest BCUT2D eigenvalue weighted by Gasteiger charge is 2.45. The lowest BCUT2D eigenvalue weighted by Gasteiger charge is -2.42. The minimum atomic E-state index is -2.97. The lowest BCUT2D eigenvalue weighted by molar-refractivity contribution is -0.134. The quantitative estimate of drug-likeness (QED) is 0.733. The molecule has 20 heavy (non-hydrogen) atoms. The van der Waals surface area contributed by atoms with E-state index in [2.05, 4.69) is 4.90 Å². The second-order valence-corrected chi connectivity index (χ2v) is 8.25. The van der Waals surface area contributed by atoms with Crippen molar-refractivity contribution in [1.29, 1.82) is 0 Å². The molecule has 2 fully saturated rings. The van der Waals surface area contributed by atoms with Gasteiger partial charge in [0.2, 0.25) is 0 Å². The smallest absolute Gasteiger partial charge is 0.153 e. The number of nitrogens with zero attached hydrogens (tertiary/aromatic N) is 1. The highest BCUT2D eigenvalue weighted by Crippen LogP contribution is 2.37. The summed E-state index contributed by atoms with van der Waals surface area (Å²) in [5, 5.41) is 0. The molecule has 0 atom stereocenters. The van der Waals surface area contributed by atoms with E-state index in [9.17, 15) is 13.2 Å². The van der Waals surface area contributed by atoms with Crippen LogP contribution in [-0.4, -0.2) is 63.0 Å². The molecule has 6 heteroatoms. The van der Waals surface area contributed by atoms with Crippen molar-refractivity contribution >= 4 is 15.6 Å². The third-order valence-corrected chi connectivity index (χ3v) is 5.52. The van der Waals surface area contributed by atoms with Gasteiger partial charge in [-0.2, -0.15) is 0 Å². The molecule has 0 aromatic rings. The van der Waals surface area contributed by atoms with E-state index in [4.69, 9.17) is 4.74 Å². The zero-order valence-corrected chi connectivity index (χ0v) is 13.1. The molecule has 1 saturated heterocycles. The highest BCUT2D eigenvalue weighted by molar-refractivity contribution is 7.90. The summed E-state index contributed by atoms with van der Waals surface area (Å²) in [5.74, 6) is 0.346. The topological polar surface area (TPSA) is 63.7 Å². The third-order valence-electron chi connectivity index (χ3n) is 4.49. The molecule has 1 aliphatic carbocycles. The largest absolute Gasteiger partial charge is 0.379 e. The minimum absolute atomic E-state index is 0.109. The number of ether oxygens (including phenoxy) is 1. The van der Waals surface area contributed by atoms with Crippen molar-refractivity contribution in [3.05, 3.63) is 0 Å². The van der Waals surface area contributed by atoms with E-state index in [0.29, 0.717) is 26.1 Å². The number of hydrogen-bond acceptors (Lipinski definition) is 5. The van der Waals surface area contributed by atoms with Crippen molar-refractivity contribution in [3.8, 4) is 0 Å². The molecule has 0 amide bonds. The highest BCUT2D eigenvalue weighted by atomic mass is 32.2. The zero-order valence-electron chi connectivity index (χ0n) is 12.3. The van der Waals surface area contributed by atoms with Crippen molar-refractivity contribution in [2.24, 2.45) is 0 Å². The Bertz CT molecular complexity index is 434. The van der Waals surface area contributed by atoms with Gasteiger partial charge in [0.1, 0.15) is 9.84 Å². The second kappa shape index (κ2) is 6.54. The fourth-order valence-electron chi connectivity index (χ4n) is 3.45. The monoisotopic (exact) mass is 303 g/mol. The average molecular weight is 303 g/mol. The molecule has 116 valence electrons. The van der Waals surface area contributed by atoms with Gasteiger partial charge in [-0.05, 0) is 19.3 Å². The van der Waals surface area contributed by atoms with Gasteiger partial charge in [-0.3, -0.25) is 9.69 Å². The van der Waals surface area contributed by atoms with Gasteiger partial charge >= 0.3 is 0 Å². The fourth-order valence-corrected chi connectivity index (χ4v) is 4.12. The molecular weight excluding hydrogens is 278 g/mol. The maximum absolute atomic E-state index is 12.7. The Hall–Kier alpha value is -0.460. The van der Waals surface area contributed by atoms with Gasteiger partial charge in [-0.15, -0.1) is 0 Å². The zero-order chi connectivity index (χ0) is 14.6. The first-order valence-electron chi connectivity index (χ1n) is 7.48. The number of hydrogen-bond donors (Lipinski definition) is 0. The van der Waals surface area contributed by atoms with Crippen LogP contribution >= 0.6 is 0 Å². The molecule has 0 aromatic carbocycles. The van der Waals surface area contributed by atoms with Gasteiger partial charge in [0.25, 0.3) is 0 Å². The minimum Gasteiger partial charge on any atom is -0.379 e. The molecule has 1 heterocycles. The van der Waals surface area contributed by atoms with Crippen molar-refractivity contribution in [2.45, 2.75) is 44.1 Å². The summed E-state index contributed by atoms with van der Waals surface area (Å²) in [6.45, 7) is 3.02. The Balaban J connectivity index is 1.98. The summed E-state index contributed by atoms with van der Waals surface area (Å²) < 4.78 is 27.7. The Morgan fingerprint density at radius 2 is 1.80 bits per heavy atom. The molecule has 0 bridgehead atoms. The third kappa shape index (κ3) is 3.80. The van der Waals surface area contributed by atoms with E-state index in [1.54, 1.807) is 0 Å². The number of Topliss-reactive ketones (excluding diaryl/α,β-unsaturated/α-hetero) is 1. The van der Waals surface area contributed by atoms with Crippen LogP contribution in [0.4, 0.5) is 0 Å². The lowest BCUT2D eigenvalue weighted by atomic mass is 9.87. The first-order chi connectivity index (χ1) is 9.44. The van der Waals surface area contributed by atoms with Gasteiger partial charge in [-0.1, -0.05) is 12.8 Å². The molecule has 0 radical (unpaired) electrons. The van der Waals surface area contributed by atoms with Gasteiger partial charge < -0.3 is 4.74 Å². The first-order valence-corrected chi connectivity index (χ1v) is 9.54. The van der Waals surface area contributed by atoms with Crippen molar-refractivity contribution < 1.29 is 17.9 Å². The van der Waals surface area contributed by atoms with E-state index in [1.165, 1.54) is 6.26 Å². The molecule has 0 unspecified atom stereocenters. The predicted octanol–water partition coefficient (Wildman–Crippen LogP) is 1.03. The number of carbonyl (C=O) groups excluding carboxylic acids is 1. The van der Waals surface area contributed by atoms with Crippen LogP contribution in [0.25, 0.3) is 0 Å². The summed E-state index contributed by atoms with van der Waals surface area (Å²) in [7, 11) is -2.97. The van der Waals surface area contributed by atoms with Crippen LogP contribution in [0.15, 0.2) is 0 Å². The Labute approximate surface area is 121 Å². The number of ketones is 1. The summed E-state index contributed by atoms with van der Waals surface area (Å²) in [5.41, 5.74) is -0.332. The number of carbonyl (C=O) groups is 1. The SMILES string of the molecule is CS(=O)(=O)CCCC(=O)C1(N2CCOCC2)CCCC1. The van der Waals surface area contributed by atoms with E-state index < -0.39 is 9.84 Å². The molecule has 0 aromatic heterocycles. The molecule has 0 N–H and O–H groups in total. The van der Waals surface area contributed by atoms with Gasteiger partial charge in [0.05, 0.1) is 24.5 Å². The Kier molecular flexibility index (Phi) is 5.20. The number of sulfone groups is 1. The second-order valence-electron chi connectivity index (χ2n) is 5.99. The van der Waals surface area contributed by atoms with E-state index >= 15 is 0 Å². The van der Waals surface area contributed by atoms with Crippen LogP contribution in [0.2, 0.25) is 0 Å². The molecular formula is C14H25NO4S. The van der Waals surface area contributed by atoms with Gasteiger partial charge in [-0.25, -0.2) is 8.42 Å². The molecule has 1 saturated carbocycles. The van der Waals surface area contributed by atoms with E-state index in [0.717, 1.165) is 38.8 Å². The van der Waals surface area contributed by atoms with Crippen LogP contribution < -0.4 is 0 Å². The Morgan fingerprint density at radius 1 is 1.20 bits per heavy atom. The van der Waals surface area contributed by atoms with Crippen LogP contribution in [0.1, 0.15) is 38.5 Å². The summed E-state index contributed by atoms with van der Waals surface area (Å²) in [6, 6.07) is 0. The fraction of sp³-hybridized carbons (Fsp3) is 0.929.